The minimum atomic E-state index is -3.95. The predicted octanol–water partition coefficient (Wildman–Crippen LogP) is 2.64. The van der Waals surface area contributed by atoms with Crippen molar-refractivity contribution in [1.29, 1.82) is 0 Å². The molecule has 0 aromatic heterocycles. The number of carbonyl (C=O) groups excluding carboxylic acids is 1. The summed E-state index contributed by atoms with van der Waals surface area (Å²) in [6, 6.07) is 20.9. The second kappa shape index (κ2) is 8.74. The fourth-order valence-corrected chi connectivity index (χ4v) is 4.39. The van der Waals surface area contributed by atoms with Gasteiger partial charge in [-0.1, -0.05) is 54.6 Å². The van der Waals surface area contributed by atoms with Crippen LogP contribution in [0.25, 0.3) is 0 Å². The van der Waals surface area contributed by atoms with Gasteiger partial charge >= 0.3 is 0 Å². The first-order valence-electron chi connectivity index (χ1n) is 9.93. The van der Waals surface area contributed by atoms with Crippen LogP contribution >= 0.6 is 12.2 Å². The van der Waals surface area contributed by atoms with E-state index in [2.05, 4.69) is 5.10 Å². The second-order valence-electron chi connectivity index (χ2n) is 7.49. The highest BCUT2D eigenvalue weighted by atomic mass is 32.2. The Morgan fingerprint density at radius 2 is 1.76 bits per heavy atom. The number of fused-ring (bicyclic) bond motifs is 1. The highest BCUT2D eigenvalue weighted by molar-refractivity contribution is 7.89. The Kier molecular flexibility index (Phi) is 5.98. The van der Waals surface area contributed by atoms with E-state index < -0.39 is 10.0 Å². The maximum Gasteiger partial charge on any atom is 0.279 e. The van der Waals surface area contributed by atoms with E-state index in [0.29, 0.717) is 12.1 Å². The molecule has 0 saturated heterocycles. The number of anilines is 2. The van der Waals surface area contributed by atoms with Crippen LogP contribution in [0.1, 0.15) is 16.7 Å². The smallest absolute Gasteiger partial charge is 0.279 e. The van der Waals surface area contributed by atoms with Crippen LogP contribution in [0.5, 0.6) is 0 Å². The van der Waals surface area contributed by atoms with Crippen LogP contribution in [0.3, 0.4) is 0 Å². The molecular formula is C23H21N5O3S2. The summed E-state index contributed by atoms with van der Waals surface area (Å²) < 4.78 is 23.6. The van der Waals surface area contributed by atoms with Gasteiger partial charge in [0.2, 0.25) is 10.0 Å². The lowest BCUT2D eigenvalue weighted by Crippen LogP contribution is -2.35. The van der Waals surface area contributed by atoms with Crippen molar-refractivity contribution in [3.8, 4) is 0 Å². The molecule has 0 atom stereocenters. The summed E-state index contributed by atoms with van der Waals surface area (Å²) in [4.78, 5) is 15.0. The molecule has 0 saturated carbocycles. The van der Waals surface area contributed by atoms with Crippen molar-refractivity contribution < 1.29 is 13.2 Å². The Labute approximate surface area is 197 Å². The van der Waals surface area contributed by atoms with Crippen molar-refractivity contribution in [2.24, 2.45) is 16.0 Å². The number of amides is 1. The van der Waals surface area contributed by atoms with Crippen molar-refractivity contribution >= 4 is 50.3 Å². The van der Waals surface area contributed by atoms with Gasteiger partial charge in [0.1, 0.15) is 0 Å². The molecule has 0 unspecified atom stereocenters. The number of carbonyl (C=O) groups is 1. The van der Waals surface area contributed by atoms with Gasteiger partial charge in [-0.05, 0) is 48.5 Å². The summed E-state index contributed by atoms with van der Waals surface area (Å²) in [5.74, 6) is -0.313. The number of nitrogens with two attached hydrogens (primary N) is 2. The summed E-state index contributed by atoms with van der Waals surface area (Å²) in [5.41, 5.74) is 9.60. The molecule has 0 radical (unpaired) electrons. The lowest BCUT2D eigenvalue weighted by atomic mass is 10.1. The highest BCUT2D eigenvalue weighted by Crippen LogP contribution is 2.34. The van der Waals surface area contributed by atoms with E-state index in [1.807, 2.05) is 55.5 Å². The summed E-state index contributed by atoms with van der Waals surface area (Å²) >= 11 is 5.16. The van der Waals surface area contributed by atoms with Gasteiger partial charge in [0.25, 0.3) is 5.91 Å². The van der Waals surface area contributed by atoms with Crippen LogP contribution in [0.15, 0.2) is 82.8 Å². The van der Waals surface area contributed by atoms with E-state index >= 15 is 0 Å². The molecule has 168 valence electrons. The van der Waals surface area contributed by atoms with Crippen molar-refractivity contribution in [3.63, 3.8) is 0 Å². The Morgan fingerprint density at radius 1 is 1.06 bits per heavy atom. The number of aryl methyl sites for hydroxylation is 1. The largest absolute Gasteiger partial charge is 0.374 e. The summed E-state index contributed by atoms with van der Waals surface area (Å²) in [6.45, 7) is 2.29. The summed E-state index contributed by atoms with van der Waals surface area (Å²) in [5, 5.41) is 10.7. The van der Waals surface area contributed by atoms with Crippen molar-refractivity contribution in [1.82, 2.24) is 0 Å². The average Bonchev–Trinajstić information content (AvgIpc) is 3.04. The van der Waals surface area contributed by atoms with E-state index in [1.54, 1.807) is 11.0 Å². The zero-order valence-corrected chi connectivity index (χ0v) is 19.3. The van der Waals surface area contributed by atoms with Gasteiger partial charge in [-0.3, -0.25) is 4.79 Å². The van der Waals surface area contributed by atoms with Gasteiger partial charge in [-0.25, -0.2) is 18.6 Å². The van der Waals surface area contributed by atoms with Gasteiger partial charge in [0.15, 0.2) is 10.8 Å². The van der Waals surface area contributed by atoms with Crippen LogP contribution in [0.4, 0.5) is 11.4 Å². The first-order chi connectivity index (χ1) is 15.7. The lowest BCUT2D eigenvalue weighted by molar-refractivity contribution is -0.112. The number of hydrogen-bond donors (Lipinski definition) is 2. The van der Waals surface area contributed by atoms with Crippen molar-refractivity contribution in [3.05, 3.63) is 89.5 Å². The molecule has 1 aliphatic rings. The number of para-hydroxylation sites is 1. The summed E-state index contributed by atoms with van der Waals surface area (Å²) in [6.07, 6.45) is 0. The fourth-order valence-electron chi connectivity index (χ4n) is 3.69. The maximum absolute atomic E-state index is 13.5. The van der Waals surface area contributed by atoms with E-state index in [1.165, 1.54) is 18.2 Å². The monoisotopic (exact) mass is 479 g/mol. The predicted molar refractivity (Wildman–Crippen MR) is 132 cm³/mol. The number of sulfonamides is 1. The molecule has 10 heteroatoms. The first kappa shape index (κ1) is 22.6. The second-order valence-corrected chi connectivity index (χ2v) is 9.47. The number of hydrazone groups is 1. The molecule has 3 aromatic carbocycles. The quantitative estimate of drug-likeness (QED) is 0.429. The van der Waals surface area contributed by atoms with Gasteiger partial charge < -0.3 is 10.6 Å². The normalized spacial score (nSPS) is 14.4. The highest BCUT2D eigenvalue weighted by Gasteiger charge is 2.36. The molecule has 3 aromatic rings. The van der Waals surface area contributed by atoms with Gasteiger partial charge in [0.05, 0.1) is 22.8 Å². The first-order valence-corrected chi connectivity index (χ1v) is 11.9. The minimum absolute atomic E-state index is 0.124. The molecule has 1 aliphatic heterocycles. The van der Waals surface area contributed by atoms with Gasteiger partial charge in [-0.15, -0.1) is 0 Å². The molecule has 0 spiro atoms. The Morgan fingerprint density at radius 3 is 2.42 bits per heavy atom. The molecule has 4 N–H and O–H groups in total. The standard InChI is InChI=1S/C23H21N5O3S2/c1-15-7-5-12-19-20(22(29)27(21(15)19)14-16-8-3-2-4-9-16)26-28(23(24)32)17-10-6-11-18(13-17)33(25,30)31/h2-13H,14H2,1H3,(H2,24,32)(H2,25,30,31)/b26-20-. The Bertz CT molecular complexity index is 1390. The SMILES string of the molecule is Cc1cccc2c1N(Cc1ccccc1)C(=O)/C2=N\N(C(N)=S)c1cccc(S(N)(=O)=O)c1. The molecule has 0 fully saturated rings. The fraction of sp³-hybridized carbons (Fsp3) is 0.0870. The third-order valence-electron chi connectivity index (χ3n) is 5.19. The number of benzene rings is 3. The van der Waals surface area contributed by atoms with Gasteiger partial charge in [0, 0.05) is 5.56 Å². The van der Waals surface area contributed by atoms with Crippen LogP contribution in [0, 0.1) is 6.92 Å². The molecule has 8 nitrogen and oxygen atoms in total. The lowest BCUT2D eigenvalue weighted by Gasteiger charge is -2.19. The van der Waals surface area contributed by atoms with Crippen molar-refractivity contribution in [2.75, 3.05) is 9.91 Å². The minimum Gasteiger partial charge on any atom is -0.374 e. The molecule has 4 rings (SSSR count). The number of thiocarbonyl (C=S) groups is 1. The zero-order chi connectivity index (χ0) is 23.8. The number of rotatable bonds is 5. The number of primary sulfonamides is 1. The molecule has 1 heterocycles. The Hall–Kier alpha value is -3.60. The van der Waals surface area contributed by atoms with E-state index in [-0.39, 0.29) is 27.3 Å². The summed E-state index contributed by atoms with van der Waals surface area (Å²) in [7, 11) is -3.95. The van der Waals surface area contributed by atoms with Crippen molar-refractivity contribution in [2.45, 2.75) is 18.4 Å². The van der Waals surface area contributed by atoms with Gasteiger partial charge in [-0.2, -0.15) is 5.10 Å². The molecule has 1 amide bonds. The van der Waals surface area contributed by atoms with E-state index in [0.717, 1.165) is 21.8 Å². The van der Waals surface area contributed by atoms with Crippen LogP contribution < -0.4 is 20.8 Å². The Balaban J connectivity index is 1.82. The van der Waals surface area contributed by atoms with Crippen LogP contribution in [-0.2, 0) is 21.4 Å². The third-order valence-corrected chi connectivity index (χ3v) is 6.28. The van der Waals surface area contributed by atoms with E-state index in [4.69, 9.17) is 23.1 Å². The number of nitrogens with zero attached hydrogens (tertiary/aromatic N) is 3. The average molecular weight is 480 g/mol. The molecule has 33 heavy (non-hydrogen) atoms. The zero-order valence-electron chi connectivity index (χ0n) is 17.7. The third kappa shape index (κ3) is 4.49. The van der Waals surface area contributed by atoms with Crippen LogP contribution in [-0.4, -0.2) is 25.1 Å². The maximum atomic E-state index is 13.5. The molecule has 0 bridgehead atoms. The topological polar surface area (TPSA) is 122 Å². The van der Waals surface area contributed by atoms with Crippen LogP contribution in [0.2, 0.25) is 0 Å². The van der Waals surface area contributed by atoms with E-state index in [9.17, 15) is 13.2 Å². The number of hydrogen-bond acceptors (Lipinski definition) is 5. The molecule has 0 aliphatic carbocycles. The molecular weight excluding hydrogens is 458 g/mol.